The molecule has 1 heterocycles. The third-order valence-electron chi connectivity index (χ3n) is 3.42. The lowest BCUT2D eigenvalue weighted by molar-refractivity contribution is -0.385. The van der Waals surface area contributed by atoms with E-state index >= 15 is 0 Å². The fourth-order valence-electron chi connectivity index (χ4n) is 2.34. The summed E-state index contributed by atoms with van der Waals surface area (Å²) in [5, 5.41) is 11.1. The van der Waals surface area contributed by atoms with E-state index in [1.807, 2.05) is 18.2 Å². The van der Waals surface area contributed by atoms with Crippen LogP contribution in [0.1, 0.15) is 10.4 Å². The summed E-state index contributed by atoms with van der Waals surface area (Å²) in [4.78, 5) is 27.5. The number of terminal acetylenes is 1. The number of nitro groups is 1. The maximum absolute atomic E-state index is 12.5. The predicted octanol–water partition coefficient (Wildman–Crippen LogP) is 3.75. The van der Waals surface area contributed by atoms with Gasteiger partial charge in [0.1, 0.15) is 5.56 Å². The fourth-order valence-corrected chi connectivity index (χ4v) is 3.92. The summed E-state index contributed by atoms with van der Waals surface area (Å²) >= 11 is 4.70. The first-order valence-corrected chi connectivity index (χ1v) is 8.67. The van der Waals surface area contributed by atoms with E-state index in [1.165, 1.54) is 29.5 Å². The van der Waals surface area contributed by atoms with Crippen molar-refractivity contribution >= 4 is 49.1 Å². The Morgan fingerprint density at radius 2 is 2.12 bits per heavy atom. The van der Waals surface area contributed by atoms with Crippen molar-refractivity contribution in [2.75, 3.05) is 0 Å². The summed E-state index contributed by atoms with van der Waals surface area (Å²) in [6.45, 7) is 0.241. The Hall–Kier alpha value is -2.76. The summed E-state index contributed by atoms with van der Waals surface area (Å²) in [6.07, 6.45) is 5.42. The third-order valence-corrected chi connectivity index (χ3v) is 4.96. The number of nitrogens with zero attached hydrogens (tertiary/aromatic N) is 3. The minimum absolute atomic E-state index is 0.0570. The third kappa shape index (κ3) is 3.38. The van der Waals surface area contributed by atoms with Crippen molar-refractivity contribution in [1.29, 1.82) is 0 Å². The SMILES string of the molecule is C#CCn1c(=NC(=O)c2ccccc2[N+](=O)[O-])sc2cc(Br)ccc21. The van der Waals surface area contributed by atoms with Gasteiger partial charge in [0.25, 0.3) is 11.6 Å². The average molecular weight is 416 g/mol. The van der Waals surface area contributed by atoms with Crippen LogP contribution in [0.25, 0.3) is 10.2 Å². The van der Waals surface area contributed by atoms with E-state index < -0.39 is 10.8 Å². The molecule has 0 N–H and O–H groups in total. The van der Waals surface area contributed by atoms with Crippen LogP contribution in [0.5, 0.6) is 0 Å². The van der Waals surface area contributed by atoms with Crippen molar-refractivity contribution in [2.24, 2.45) is 4.99 Å². The van der Waals surface area contributed by atoms with E-state index in [9.17, 15) is 14.9 Å². The monoisotopic (exact) mass is 415 g/mol. The van der Waals surface area contributed by atoms with Crippen LogP contribution in [-0.2, 0) is 6.54 Å². The molecule has 1 amide bonds. The van der Waals surface area contributed by atoms with Gasteiger partial charge in [0.05, 0.1) is 21.7 Å². The number of fused-ring (bicyclic) bond motifs is 1. The lowest BCUT2D eigenvalue weighted by Crippen LogP contribution is -2.16. The van der Waals surface area contributed by atoms with Crippen LogP contribution < -0.4 is 4.80 Å². The molecule has 3 aromatic rings. The smallest absolute Gasteiger partial charge is 0.286 e. The number of hydrogen-bond acceptors (Lipinski definition) is 4. The van der Waals surface area contributed by atoms with Crippen molar-refractivity contribution in [1.82, 2.24) is 4.57 Å². The van der Waals surface area contributed by atoms with E-state index in [4.69, 9.17) is 6.42 Å². The first kappa shape index (κ1) is 17.1. The number of amides is 1. The molecule has 6 nitrogen and oxygen atoms in total. The molecule has 0 aliphatic rings. The van der Waals surface area contributed by atoms with Crippen LogP contribution in [0, 0.1) is 22.5 Å². The Morgan fingerprint density at radius 1 is 1.36 bits per heavy atom. The van der Waals surface area contributed by atoms with E-state index in [-0.39, 0.29) is 17.8 Å². The Bertz CT molecular complexity index is 1110. The van der Waals surface area contributed by atoms with E-state index in [0.717, 1.165) is 14.7 Å². The second-order valence-corrected chi connectivity index (χ2v) is 6.90. The van der Waals surface area contributed by atoms with Crippen LogP contribution >= 0.6 is 27.3 Å². The maximum Gasteiger partial charge on any atom is 0.286 e. The number of benzene rings is 2. The predicted molar refractivity (Wildman–Crippen MR) is 99.3 cm³/mol. The lowest BCUT2D eigenvalue weighted by Gasteiger charge is -2.00. The minimum Gasteiger partial charge on any atom is -0.305 e. The molecule has 0 spiro atoms. The van der Waals surface area contributed by atoms with Crippen LogP contribution in [0.3, 0.4) is 0 Å². The number of hydrogen-bond donors (Lipinski definition) is 0. The lowest BCUT2D eigenvalue weighted by atomic mass is 10.2. The zero-order chi connectivity index (χ0) is 18.0. The van der Waals surface area contributed by atoms with E-state index in [2.05, 4.69) is 26.8 Å². The van der Waals surface area contributed by atoms with Gasteiger partial charge in [0, 0.05) is 10.5 Å². The van der Waals surface area contributed by atoms with Gasteiger partial charge in [0.2, 0.25) is 0 Å². The number of rotatable bonds is 3. The number of halogens is 1. The van der Waals surface area contributed by atoms with Crippen LogP contribution in [-0.4, -0.2) is 15.4 Å². The molecule has 3 rings (SSSR count). The Morgan fingerprint density at radius 3 is 2.84 bits per heavy atom. The average Bonchev–Trinajstić information content (AvgIpc) is 2.91. The summed E-state index contributed by atoms with van der Waals surface area (Å²) in [5.74, 6) is 1.86. The first-order valence-electron chi connectivity index (χ1n) is 7.06. The summed E-state index contributed by atoms with van der Waals surface area (Å²) < 4.78 is 3.53. The molecule has 0 radical (unpaired) electrons. The number of para-hydroxylation sites is 1. The Balaban J connectivity index is 2.19. The van der Waals surface area contributed by atoms with Gasteiger partial charge in [-0.3, -0.25) is 14.9 Å². The molecular formula is C17H10BrN3O3S. The van der Waals surface area contributed by atoms with Gasteiger partial charge in [-0.15, -0.1) is 6.42 Å². The number of carbonyl (C=O) groups is 1. The zero-order valence-corrected chi connectivity index (χ0v) is 15.1. The van der Waals surface area contributed by atoms with Crippen molar-refractivity contribution in [3.63, 3.8) is 0 Å². The van der Waals surface area contributed by atoms with Gasteiger partial charge >= 0.3 is 0 Å². The highest BCUT2D eigenvalue weighted by Crippen LogP contribution is 2.23. The molecule has 0 saturated carbocycles. The standard InChI is InChI=1S/C17H10BrN3O3S/c1-2-9-20-14-8-7-11(18)10-15(14)25-17(20)19-16(22)12-5-3-4-6-13(12)21(23)24/h1,3-8,10H,9H2. The van der Waals surface area contributed by atoms with Crippen molar-refractivity contribution in [3.05, 3.63) is 67.4 Å². The molecule has 0 atom stereocenters. The largest absolute Gasteiger partial charge is 0.305 e. The highest BCUT2D eigenvalue weighted by atomic mass is 79.9. The summed E-state index contributed by atoms with van der Waals surface area (Å²) in [5.41, 5.74) is 0.516. The molecule has 25 heavy (non-hydrogen) atoms. The highest BCUT2D eigenvalue weighted by molar-refractivity contribution is 9.10. The molecule has 8 heteroatoms. The molecule has 1 aromatic heterocycles. The van der Waals surface area contributed by atoms with Crippen molar-refractivity contribution < 1.29 is 9.72 Å². The highest BCUT2D eigenvalue weighted by Gasteiger charge is 2.19. The van der Waals surface area contributed by atoms with Gasteiger partial charge in [-0.1, -0.05) is 45.3 Å². The second-order valence-electron chi connectivity index (χ2n) is 4.98. The van der Waals surface area contributed by atoms with Gasteiger partial charge in [-0.25, -0.2) is 0 Å². The molecular weight excluding hydrogens is 406 g/mol. The van der Waals surface area contributed by atoms with Crippen LogP contribution in [0.15, 0.2) is 51.9 Å². The second kappa shape index (κ2) is 7.01. The maximum atomic E-state index is 12.5. The molecule has 0 aliphatic carbocycles. The molecule has 0 fully saturated rings. The van der Waals surface area contributed by atoms with Gasteiger partial charge in [-0.2, -0.15) is 4.99 Å². The van der Waals surface area contributed by atoms with Gasteiger partial charge < -0.3 is 4.57 Å². The number of thiazole rings is 1. The summed E-state index contributed by atoms with van der Waals surface area (Å²) in [6, 6.07) is 11.4. The normalized spacial score (nSPS) is 11.4. The van der Waals surface area contributed by atoms with Crippen molar-refractivity contribution in [2.45, 2.75) is 6.54 Å². The quantitative estimate of drug-likeness (QED) is 0.371. The zero-order valence-electron chi connectivity index (χ0n) is 12.7. The Kier molecular flexibility index (Phi) is 4.79. The topological polar surface area (TPSA) is 77.5 Å². The van der Waals surface area contributed by atoms with Crippen LogP contribution in [0.4, 0.5) is 5.69 Å². The Labute approximate surface area is 154 Å². The van der Waals surface area contributed by atoms with E-state index in [1.54, 1.807) is 10.6 Å². The minimum atomic E-state index is -0.677. The molecule has 0 bridgehead atoms. The molecule has 0 aliphatic heterocycles. The molecule has 2 aromatic carbocycles. The summed E-state index contributed by atoms with van der Waals surface area (Å²) in [7, 11) is 0. The van der Waals surface area contributed by atoms with Crippen molar-refractivity contribution in [3.8, 4) is 12.3 Å². The van der Waals surface area contributed by atoms with Crippen LogP contribution in [0.2, 0.25) is 0 Å². The number of aromatic nitrogens is 1. The number of nitro benzene ring substituents is 1. The van der Waals surface area contributed by atoms with E-state index in [0.29, 0.717) is 4.80 Å². The first-order chi connectivity index (χ1) is 12.0. The fraction of sp³-hybridized carbons (Fsp3) is 0.0588. The van der Waals surface area contributed by atoms with Gasteiger partial charge in [0.15, 0.2) is 4.80 Å². The number of carbonyl (C=O) groups excluding carboxylic acids is 1. The molecule has 0 saturated heterocycles. The molecule has 0 unspecified atom stereocenters. The van der Waals surface area contributed by atoms with Gasteiger partial charge in [-0.05, 0) is 24.3 Å². The molecule has 124 valence electrons.